The van der Waals surface area contributed by atoms with E-state index >= 15 is 0 Å². The minimum absolute atomic E-state index is 0.129. The minimum Gasteiger partial charge on any atom is -0.370 e. The van der Waals surface area contributed by atoms with Gasteiger partial charge in [0.1, 0.15) is 0 Å². The van der Waals surface area contributed by atoms with E-state index in [9.17, 15) is 4.79 Å². The number of carbonyl (C=O) groups is 1. The molecule has 1 amide bonds. The second-order valence-electron chi connectivity index (χ2n) is 5.97. The summed E-state index contributed by atoms with van der Waals surface area (Å²) in [6, 6.07) is 0.129. The molecule has 0 saturated carbocycles. The molecule has 20 heavy (non-hydrogen) atoms. The first-order valence-corrected chi connectivity index (χ1v) is 7.33. The largest absolute Gasteiger partial charge is 0.370 e. The second kappa shape index (κ2) is 6.35. The molecular formula is C14H24N4O2. The molecule has 1 aliphatic rings. The Balaban J connectivity index is 1.90. The number of amides is 1. The predicted octanol–water partition coefficient (Wildman–Crippen LogP) is 1.84. The van der Waals surface area contributed by atoms with Gasteiger partial charge in [0.2, 0.25) is 11.8 Å². The number of likely N-dealkylation sites (tertiary alicyclic amines) is 1. The van der Waals surface area contributed by atoms with Crippen molar-refractivity contribution >= 4 is 5.91 Å². The molecule has 2 rings (SSSR count). The van der Waals surface area contributed by atoms with Crippen molar-refractivity contribution in [1.82, 2.24) is 15.0 Å². The lowest BCUT2D eigenvalue weighted by Crippen LogP contribution is -2.36. The maximum atomic E-state index is 10.9. The Morgan fingerprint density at radius 1 is 1.40 bits per heavy atom. The van der Waals surface area contributed by atoms with Crippen molar-refractivity contribution in [2.75, 3.05) is 13.1 Å². The zero-order valence-corrected chi connectivity index (χ0v) is 12.5. The van der Waals surface area contributed by atoms with Crippen LogP contribution in [0.2, 0.25) is 0 Å². The van der Waals surface area contributed by atoms with E-state index in [1.807, 2.05) is 0 Å². The summed E-state index contributed by atoms with van der Waals surface area (Å²) >= 11 is 0. The average Bonchev–Trinajstić information content (AvgIpc) is 2.88. The molecule has 0 aromatic carbocycles. The van der Waals surface area contributed by atoms with Gasteiger partial charge in [0.05, 0.1) is 6.04 Å². The van der Waals surface area contributed by atoms with E-state index in [2.05, 4.69) is 35.8 Å². The highest BCUT2D eigenvalue weighted by atomic mass is 16.5. The van der Waals surface area contributed by atoms with Crippen LogP contribution in [0.15, 0.2) is 4.52 Å². The maximum Gasteiger partial charge on any atom is 0.243 e. The van der Waals surface area contributed by atoms with Gasteiger partial charge in [-0.2, -0.15) is 4.98 Å². The molecule has 0 spiro atoms. The molecule has 2 N–H and O–H groups in total. The van der Waals surface area contributed by atoms with Crippen molar-refractivity contribution in [3.05, 3.63) is 11.7 Å². The first-order valence-electron chi connectivity index (χ1n) is 7.33. The number of nitrogens with two attached hydrogens (primary N) is 1. The molecule has 6 heteroatoms. The zero-order valence-electron chi connectivity index (χ0n) is 12.5. The van der Waals surface area contributed by atoms with E-state index in [1.165, 1.54) is 0 Å². The van der Waals surface area contributed by atoms with E-state index in [0.717, 1.165) is 31.8 Å². The van der Waals surface area contributed by atoms with Crippen molar-refractivity contribution < 1.29 is 9.32 Å². The molecule has 1 atom stereocenters. The van der Waals surface area contributed by atoms with E-state index in [1.54, 1.807) is 0 Å². The highest BCUT2D eigenvalue weighted by molar-refractivity contribution is 5.73. The van der Waals surface area contributed by atoms with Gasteiger partial charge in [0.15, 0.2) is 5.82 Å². The monoisotopic (exact) mass is 280 g/mol. The van der Waals surface area contributed by atoms with Gasteiger partial charge in [0.25, 0.3) is 0 Å². The normalized spacial score (nSPS) is 19.4. The number of hydrogen-bond acceptors (Lipinski definition) is 5. The van der Waals surface area contributed by atoms with Crippen LogP contribution in [0.5, 0.6) is 0 Å². The fraction of sp³-hybridized carbons (Fsp3) is 0.786. The van der Waals surface area contributed by atoms with Crippen molar-refractivity contribution in [2.45, 2.75) is 52.0 Å². The van der Waals surface area contributed by atoms with Gasteiger partial charge in [-0.05, 0) is 38.8 Å². The van der Waals surface area contributed by atoms with Crippen LogP contribution >= 0.6 is 0 Å². The van der Waals surface area contributed by atoms with Crippen LogP contribution in [0.1, 0.15) is 63.7 Å². The molecule has 0 aliphatic carbocycles. The zero-order chi connectivity index (χ0) is 14.7. The van der Waals surface area contributed by atoms with Crippen LogP contribution in [-0.4, -0.2) is 34.0 Å². The van der Waals surface area contributed by atoms with E-state index in [4.69, 9.17) is 10.3 Å². The maximum absolute atomic E-state index is 10.9. The molecule has 0 radical (unpaired) electrons. The Morgan fingerprint density at radius 2 is 2.05 bits per heavy atom. The lowest BCUT2D eigenvalue weighted by Gasteiger charge is -2.34. The van der Waals surface area contributed by atoms with E-state index in [-0.39, 0.29) is 17.9 Å². The van der Waals surface area contributed by atoms with Gasteiger partial charge < -0.3 is 10.3 Å². The fourth-order valence-electron chi connectivity index (χ4n) is 2.64. The molecule has 6 nitrogen and oxygen atoms in total. The SMILES string of the molecule is CC(C)c1noc(C(C)N2CCC(CC(N)=O)CC2)n1. The minimum atomic E-state index is -0.199. The van der Waals surface area contributed by atoms with Crippen molar-refractivity contribution in [1.29, 1.82) is 0 Å². The van der Waals surface area contributed by atoms with Gasteiger partial charge in [-0.3, -0.25) is 9.69 Å². The molecule has 1 aromatic heterocycles. The Hall–Kier alpha value is -1.43. The number of piperidine rings is 1. The number of aromatic nitrogens is 2. The predicted molar refractivity (Wildman–Crippen MR) is 74.9 cm³/mol. The molecule has 1 aliphatic heterocycles. The van der Waals surface area contributed by atoms with Crippen molar-refractivity contribution in [3.8, 4) is 0 Å². The molecule has 2 heterocycles. The first kappa shape index (κ1) is 15.0. The summed E-state index contributed by atoms with van der Waals surface area (Å²) in [5.74, 6) is 1.94. The molecule has 1 fully saturated rings. The Labute approximate surface area is 119 Å². The standard InChI is InChI=1S/C14H24N4O2/c1-9(2)13-16-14(20-17-13)10(3)18-6-4-11(5-7-18)8-12(15)19/h9-11H,4-8H2,1-3H3,(H2,15,19). The van der Waals surface area contributed by atoms with Gasteiger partial charge in [-0.25, -0.2) is 0 Å². The Bertz CT molecular complexity index is 450. The van der Waals surface area contributed by atoms with Gasteiger partial charge in [0, 0.05) is 12.3 Å². The van der Waals surface area contributed by atoms with Crippen LogP contribution in [0.3, 0.4) is 0 Å². The summed E-state index contributed by atoms with van der Waals surface area (Å²) in [4.78, 5) is 17.7. The Morgan fingerprint density at radius 3 is 2.55 bits per heavy atom. The van der Waals surface area contributed by atoms with Crippen LogP contribution < -0.4 is 5.73 Å². The quantitative estimate of drug-likeness (QED) is 0.889. The number of carbonyl (C=O) groups excluding carboxylic acids is 1. The summed E-state index contributed by atoms with van der Waals surface area (Å²) < 4.78 is 5.36. The van der Waals surface area contributed by atoms with Crippen LogP contribution in [0.25, 0.3) is 0 Å². The third-order valence-corrected chi connectivity index (χ3v) is 4.02. The number of hydrogen-bond donors (Lipinski definition) is 1. The lowest BCUT2D eigenvalue weighted by atomic mass is 9.92. The summed E-state index contributed by atoms with van der Waals surface area (Å²) in [6.45, 7) is 8.08. The van der Waals surface area contributed by atoms with E-state index in [0.29, 0.717) is 18.2 Å². The van der Waals surface area contributed by atoms with Crippen LogP contribution in [-0.2, 0) is 4.79 Å². The second-order valence-corrected chi connectivity index (χ2v) is 5.97. The molecular weight excluding hydrogens is 256 g/mol. The smallest absolute Gasteiger partial charge is 0.243 e. The molecule has 1 unspecified atom stereocenters. The number of primary amides is 1. The van der Waals surface area contributed by atoms with Gasteiger partial charge >= 0.3 is 0 Å². The van der Waals surface area contributed by atoms with Crippen molar-refractivity contribution in [2.24, 2.45) is 11.7 Å². The fourth-order valence-corrected chi connectivity index (χ4v) is 2.64. The van der Waals surface area contributed by atoms with Gasteiger partial charge in [-0.1, -0.05) is 19.0 Å². The topological polar surface area (TPSA) is 85.3 Å². The number of nitrogens with zero attached hydrogens (tertiary/aromatic N) is 3. The average molecular weight is 280 g/mol. The summed E-state index contributed by atoms with van der Waals surface area (Å²) in [5, 5.41) is 4.01. The van der Waals surface area contributed by atoms with Gasteiger partial charge in [-0.15, -0.1) is 0 Å². The van der Waals surface area contributed by atoms with E-state index < -0.39 is 0 Å². The highest BCUT2D eigenvalue weighted by Crippen LogP contribution is 2.27. The Kier molecular flexibility index (Phi) is 4.75. The molecule has 1 aromatic rings. The highest BCUT2D eigenvalue weighted by Gasteiger charge is 2.27. The van der Waals surface area contributed by atoms with Crippen LogP contribution in [0.4, 0.5) is 0 Å². The summed E-state index contributed by atoms with van der Waals surface area (Å²) in [7, 11) is 0. The third kappa shape index (κ3) is 3.56. The first-order chi connectivity index (χ1) is 9.47. The van der Waals surface area contributed by atoms with Crippen molar-refractivity contribution in [3.63, 3.8) is 0 Å². The summed E-state index contributed by atoms with van der Waals surface area (Å²) in [5.41, 5.74) is 5.25. The number of rotatable bonds is 5. The molecule has 112 valence electrons. The van der Waals surface area contributed by atoms with Crippen LogP contribution in [0, 0.1) is 5.92 Å². The molecule has 1 saturated heterocycles. The lowest BCUT2D eigenvalue weighted by molar-refractivity contribution is -0.119. The summed E-state index contributed by atoms with van der Waals surface area (Å²) in [6.07, 6.45) is 2.50. The third-order valence-electron chi connectivity index (χ3n) is 4.02. The molecule has 0 bridgehead atoms.